The summed E-state index contributed by atoms with van der Waals surface area (Å²) >= 11 is 0. The molecular formula is C17H36IN3O3S. The van der Waals surface area contributed by atoms with Crippen molar-refractivity contribution < 1.29 is 13.2 Å². The Morgan fingerprint density at radius 3 is 2.28 bits per heavy atom. The number of nitrogens with one attached hydrogen (secondary N) is 2. The maximum absolute atomic E-state index is 11.8. The highest BCUT2D eigenvalue weighted by molar-refractivity contribution is 14.0. The zero-order chi connectivity index (χ0) is 18.6. The molecule has 0 bridgehead atoms. The van der Waals surface area contributed by atoms with E-state index in [9.17, 15) is 8.42 Å². The Balaban J connectivity index is 0.00000576. The largest absolute Gasteiger partial charge is 0.377 e. The molecule has 25 heavy (non-hydrogen) atoms. The van der Waals surface area contributed by atoms with E-state index in [4.69, 9.17) is 4.74 Å². The molecule has 0 aromatic rings. The van der Waals surface area contributed by atoms with Crippen LogP contribution in [0, 0.1) is 11.3 Å². The van der Waals surface area contributed by atoms with Gasteiger partial charge in [-0.25, -0.2) is 8.42 Å². The number of halogens is 1. The minimum Gasteiger partial charge on any atom is -0.377 e. The lowest BCUT2D eigenvalue weighted by atomic mass is 9.78. The van der Waals surface area contributed by atoms with Gasteiger partial charge in [-0.05, 0) is 32.1 Å². The van der Waals surface area contributed by atoms with Gasteiger partial charge in [-0.15, -0.1) is 24.0 Å². The lowest BCUT2D eigenvalue weighted by Gasteiger charge is -2.40. The molecule has 0 spiro atoms. The lowest BCUT2D eigenvalue weighted by Crippen LogP contribution is -2.50. The Hall–Kier alpha value is -0.0900. The average molecular weight is 489 g/mol. The molecule has 1 heterocycles. The van der Waals surface area contributed by atoms with Crippen molar-refractivity contribution in [3.05, 3.63) is 0 Å². The van der Waals surface area contributed by atoms with Crippen molar-refractivity contribution in [2.45, 2.75) is 58.3 Å². The number of hydrogen-bond acceptors (Lipinski definition) is 4. The molecule has 150 valence electrons. The quantitative estimate of drug-likeness (QED) is 0.352. The predicted octanol–water partition coefficient (Wildman–Crippen LogP) is 2.43. The number of ether oxygens (including phenoxy) is 1. The van der Waals surface area contributed by atoms with Crippen LogP contribution in [0.4, 0.5) is 0 Å². The molecule has 1 saturated heterocycles. The van der Waals surface area contributed by atoms with Gasteiger partial charge in [0.1, 0.15) is 0 Å². The zero-order valence-electron chi connectivity index (χ0n) is 16.7. The van der Waals surface area contributed by atoms with Crippen LogP contribution >= 0.6 is 24.0 Å². The van der Waals surface area contributed by atoms with Crippen LogP contribution in [0.5, 0.6) is 0 Å². The second kappa shape index (κ2) is 9.73. The van der Waals surface area contributed by atoms with Crippen LogP contribution in [0.3, 0.4) is 0 Å². The van der Waals surface area contributed by atoms with Crippen LogP contribution in [-0.2, 0) is 14.6 Å². The summed E-state index contributed by atoms with van der Waals surface area (Å²) in [5.74, 6) is 1.05. The van der Waals surface area contributed by atoms with Crippen molar-refractivity contribution in [1.29, 1.82) is 0 Å². The molecule has 1 rings (SSSR count). The van der Waals surface area contributed by atoms with Crippen LogP contribution < -0.4 is 10.6 Å². The van der Waals surface area contributed by atoms with E-state index in [0.717, 1.165) is 26.0 Å². The summed E-state index contributed by atoms with van der Waals surface area (Å²) in [5, 5.41) is 6.46. The van der Waals surface area contributed by atoms with Gasteiger partial charge in [0.2, 0.25) is 0 Å². The molecule has 2 unspecified atom stereocenters. The summed E-state index contributed by atoms with van der Waals surface area (Å²) in [4.78, 5) is 4.20. The number of aliphatic imine (C=N–C) groups is 1. The zero-order valence-corrected chi connectivity index (χ0v) is 19.8. The maximum atomic E-state index is 11.8. The fraction of sp³-hybridized carbons (Fsp3) is 0.941. The lowest BCUT2D eigenvalue weighted by molar-refractivity contribution is -0.0835. The predicted molar refractivity (Wildman–Crippen MR) is 116 cm³/mol. The number of rotatable bonds is 5. The Labute approximate surface area is 170 Å². The third kappa shape index (κ3) is 7.58. The number of hydrogen-bond donors (Lipinski definition) is 2. The first-order chi connectivity index (χ1) is 10.9. The van der Waals surface area contributed by atoms with Gasteiger partial charge >= 0.3 is 0 Å². The molecule has 0 aromatic heterocycles. The van der Waals surface area contributed by atoms with Crippen molar-refractivity contribution in [2.24, 2.45) is 16.3 Å². The van der Waals surface area contributed by atoms with Gasteiger partial charge in [0.15, 0.2) is 15.8 Å². The minimum absolute atomic E-state index is 0. The van der Waals surface area contributed by atoms with Crippen LogP contribution in [0.25, 0.3) is 0 Å². The van der Waals surface area contributed by atoms with Crippen LogP contribution in [0.15, 0.2) is 4.99 Å². The molecular weight excluding hydrogens is 453 g/mol. The van der Waals surface area contributed by atoms with Crippen molar-refractivity contribution in [3.63, 3.8) is 0 Å². The van der Waals surface area contributed by atoms with E-state index < -0.39 is 14.6 Å². The first-order valence-corrected chi connectivity index (χ1v) is 10.5. The molecule has 1 aliphatic heterocycles. The van der Waals surface area contributed by atoms with Crippen LogP contribution in [0.1, 0.15) is 47.5 Å². The van der Waals surface area contributed by atoms with E-state index in [2.05, 4.69) is 36.4 Å². The number of guanidine groups is 1. The second-order valence-corrected chi connectivity index (χ2v) is 11.0. The Morgan fingerprint density at radius 1 is 1.20 bits per heavy atom. The summed E-state index contributed by atoms with van der Waals surface area (Å²) in [5.41, 5.74) is 0.0992. The first-order valence-electron chi connectivity index (χ1n) is 8.64. The van der Waals surface area contributed by atoms with Crippen molar-refractivity contribution in [1.82, 2.24) is 10.6 Å². The molecule has 2 N–H and O–H groups in total. The van der Waals surface area contributed by atoms with E-state index in [0.29, 0.717) is 18.4 Å². The van der Waals surface area contributed by atoms with E-state index in [1.807, 2.05) is 0 Å². The Bertz CT molecular complexity index is 542. The van der Waals surface area contributed by atoms with E-state index in [1.54, 1.807) is 20.9 Å². The topological polar surface area (TPSA) is 79.8 Å². The molecule has 1 aliphatic rings. The maximum Gasteiger partial charge on any atom is 0.191 e. The molecule has 0 aliphatic carbocycles. The third-order valence-corrected chi connectivity index (χ3v) is 6.89. The Morgan fingerprint density at radius 2 is 1.80 bits per heavy atom. The van der Waals surface area contributed by atoms with Gasteiger partial charge in [0.25, 0.3) is 0 Å². The average Bonchev–Trinajstić information content (AvgIpc) is 2.45. The monoisotopic (exact) mass is 489 g/mol. The molecule has 1 fully saturated rings. The highest BCUT2D eigenvalue weighted by Crippen LogP contribution is 2.33. The van der Waals surface area contributed by atoms with Gasteiger partial charge in [-0.3, -0.25) is 4.99 Å². The van der Waals surface area contributed by atoms with Crippen LogP contribution in [0.2, 0.25) is 0 Å². The molecule has 8 heteroatoms. The van der Waals surface area contributed by atoms with Gasteiger partial charge in [-0.1, -0.05) is 20.8 Å². The fourth-order valence-electron chi connectivity index (χ4n) is 2.89. The smallest absolute Gasteiger partial charge is 0.191 e. The van der Waals surface area contributed by atoms with Gasteiger partial charge in [0.05, 0.1) is 10.9 Å². The summed E-state index contributed by atoms with van der Waals surface area (Å²) in [6.45, 7) is 12.0. The molecule has 0 aromatic carbocycles. The highest BCUT2D eigenvalue weighted by atomic mass is 127. The van der Waals surface area contributed by atoms with Crippen molar-refractivity contribution >= 4 is 39.8 Å². The Kier molecular flexibility index (Phi) is 9.70. The van der Waals surface area contributed by atoms with Crippen molar-refractivity contribution in [3.8, 4) is 0 Å². The second-order valence-electron chi connectivity index (χ2n) is 8.40. The molecule has 0 radical (unpaired) electrons. The molecule has 6 nitrogen and oxygen atoms in total. The molecule has 0 amide bonds. The van der Waals surface area contributed by atoms with Gasteiger partial charge in [-0.2, -0.15) is 0 Å². The third-order valence-electron chi connectivity index (χ3n) is 4.74. The summed E-state index contributed by atoms with van der Waals surface area (Å²) in [6.07, 6.45) is 3.68. The highest BCUT2D eigenvalue weighted by Gasteiger charge is 2.35. The van der Waals surface area contributed by atoms with Gasteiger partial charge < -0.3 is 15.4 Å². The van der Waals surface area contributed by atoms with E-state index in [1.165, 1.54) is 6.26 Å². The van der Waals surface area contributed by atoms with Crippen LogP contribution in [-0.4, -0.2) is 58.2 Å². The normalized spacial score (nSPS) is 22.9. The number of nitrogens with zero attached hydrogens (tertiary/aromatic N) is 1. The summed E-state index contributed by atoms with van der Waals surface area (Å²) < 4.78 is 28.8. The molecule has 0 saturated carbocycles. The fourth-order valence-corrected chi connectivity index (χ4v) is 3.22. The van der Waals surface area contributed by atoms with E-state index in [-0.39, 0.29) is 35.5 Å². The standard InChI is InChI=1S/C17H35N3O3S.HI/c1-16(2,3)14-13(9-8-10-23-14)11-19-15(18-6)20-12-17(4,5)24(7,21)22;/h13-14H,8-12H2,1-7H3,(H2,18,19,20);1H. The summed E-state index contributed by atoms with van der Waals surface area (Å²) in [6, 6.07) is 0. The first kappa shape index (κ1) is 24.9. The SMILES string of the molecule is CN=C(NCC1CCCOC1C(C)(C)C)NCC(C)(C)S(C)(=O)=O.I. The van der Waals surface area contributed by atoms with E-state index >= 15 is 0 Å². The minimum atomic E-state index is -3.14. The van der Waals surface area contributed by atoms with Crippen molar-refractivity contribution in [2.75, 3.05) is 33.0 Å². The molecule has 2 atom stereocenters. The number of sulfone groups is 1. The summed E-state index contributed by atoms with van der Waals surface area (Å²) in [7, 11) is -1.44. The van der Waals surface area contributed by atoms with Gasteiger partial charge in [0, 0.05) is 38.9 Å².